The minimum atomic E-state index is 0.737. The van der Waals surface area contributed by atoms with Gasteiger partial charge >= 0.3 is 0 Å². The van der Waals surface area contributed by atoms with Crippen LogP contribution in [0.4, 0.5) is 0 Å². The molecule has 2 N–H and O–H groups in total. The maximum absolute atomic E-state index is 9.00. The normalized spacial score (nSPS) is 16.4. The van der Waals surface area contributed by atoms with Gasteiger partial charge in [0.05, 0.1) is 11.6 Å². The molecule has 4 heteroatoms. The third kappa shape index (κ3) is 2.84. The number of aryl methyl sites for hydroxylation is 1. The van der Waals surface area contributed by atoms with E-state index in [9.17, 15) is 0 Å². The average molecular weight is 268 g/mol. The van der Waals surface area contributed by atoms with Crippen LogP contribution in [0, 0.1) is 11.3 Å². The molecule has 1 aliphatic rings. The molecule has 0 saturated carbocycles. The summed E-state index contributed by atoms with van der Waals surface area (Å²) >= 11 is 0. The maximum Gasteiger partial charge on any atom is 0.0991 e. The third-order valence-corrected chi connectivity index (χ3v) is 4.03. The molecular weight excluding hydrogens is 248 g/mol. The van der Waals surface area contributed by atoms with Crippen LogP contribution < -0.4 is 5.32 Å². The van der Waals surface area contributed by atoms with Crippen LogP contribution in [0.15, 0.2) is 24.4 Å². The number of fused-ring (bicyclic) bond motifs is 1. The minimum absolute atomic E-state index is 0.737. The van der Waals surface area contributed by atoms with Crippen LogP contribution in [0.25, 0.3) is 10.9 Å². The maximum atomic E-state index is 9.00. The van der Waals surface area contributed by atoms with Gasteiger partial charge in [0.2, 0.25) is 0 Å². The van der Waals surface area contributed by atoms with E-state index in [1.165, 1.54) is 17.4 Å². The van der Waals surface area contributed by atoms with Crippen molar-refractivity contribution < 1.29 is 0 Å². The van der Waals surface area contributed by atoms with Gasteiger partial charge < -0.3 is 15.2 Å². The second-order valence-electron chi connectivity index (χ2n) is 5.38. The standard InChI is InChI=1S/C16H20N4/c17-11-13-3-4-16-15(10-13)14(12-19-16)2-1-7-20-8-5-18-6-9-20/h3-4,10,12,18-19H,1-2,5-9H2. The number of aromatic nitrogens is 1. The predicted octanol–water partition coefficient (Wildman–Crippen LogP) is 1.88. The molecule has 2 heterocycles. The summed E-state index contributed by atoms with van der Waals surface area (Å²) in [7, 11) is 0. The van der Waals surface area contributed by atoms with Gasteiger partial charge in [0.1, 0.15) is 0 Å². The van der Waals surface area contributed by atoms with E-state index in [-0.39, 0.29) is 0 Å². The fraction of sp³-hybridized carbons (Fsp3) is 0.438. The van der Waals surface area contributed by atoms with Crippen molar-refractivity contribution in [2.24, 2.45) is 0 Å². The van der Waals surface area contributed by atoms with Crippen LogP contribution in [0.3, 0.4) is 0 Å². The van der Waals surface area contributed by atoms with Crippen LogP contribution in [-0.4, -0.2) is 42.6 Å². The van der Waals surface area contributed by atoms with Crippen LogP contribution in [0.2, 0.25) is 0 Å². The van der Waals surface area contributed by atoms with E-state index < -0.39 is 0 Å². The van der Waals surface area contributed by atoms with Crippen LogP contribution in [-0.2, 0) is 6.42 Å². The number of piperazine rings is 1. The SMILES string of the molecule is N#Cc1ccc2[nH]cc(CCCN3CCNCC3)c2c1. The van der Waals surface area contributed by atoms with Gasteiger partial charge in [-0.05, 0) is 43.1 Å². The van der Waals surface area contributed by atoms with Crippen molar-refractivity contribution in [2.45, 2.75) is 12.8 Å². The predicted molar refractivity (Wildman–Crippen MR) is 80.6 cm³/mol. The van der Waals surface area contributed by atoms with Gasteiger partial charge in [0.15, 0.2) is 0 Å². The van der Waals surface area contributed by atoms with Gasteiger partial charge in [-0.3, -0.25) is 0 Å². The summed E-state index contributed by atoms with van der Waals surface area (Å²) in [6.07, 6.45) is 4.33. The molecule has 2 aromatic rings. The van der Waals surface area contributed by atoms with E-state index in [2.05, 4.69) is 27.5 Å². The molecule has 0 atom stereocenters. The van der Waals surface area contributed by atoms with Crippen molar-refractivity contribution in [3.8, 4) is 6.07 Å². The number of nitrogens with one attached hydrogen (secondary N) is 2. The minimum Gasteiger partial charge on any atom is -0.361 e. The van der Waals surface area contributed by atoms with Gasteiger partial charge in [0, 0.05) is 43.3 Å². The number of nitriles is 1. The Labute approximate surface area is 119 Å². The van der Waals surface area contributed by atoms with Gasteiger partial charge in [-0.15, -0.1) is 0 Å². The zero-order chi connectivity index (χ0) is 13.8. The quantitative estimate of drug-likeness (QED) is 0.890. The first-order chi connectivity index (χ1) is 9.86. The number of aromatic amines is 1. The molecule has 0 amide bonds. The van der Waals surface area contributed by atoms with Crippen molar-refractivity contribution in [1.82, 2.24) is 15.2 Å². The molecule has 1 aromatic carbocycles. The zero-order valence-corrected chi connectivity index (χ0v) is 11.7. The Hall–Kier alpha value is -1.83. The fourth-order valence-electron chi connectivity index (χ4n) is 2.88. The Morgan fingerprint density at radius 3 is 2.90 bits per heavy atom. The van der Waals surface area contributed by atoms with Crippen LogP contribution in [0.5, 0.6) is 0 Å². The molecule has 1 aromatic heterocycles. The third-order valence-electron chi connectivity index (χ3n) is 4.03. The number of hydrogen-bond acceptors (Lipinski definition) is 3. The molecule has 0 aliphatic carbocycles. The van der Waals surface area contributed by atoms with Crippen LogP contribution >= 0.6 is 0 Å². The highest BCUT2D eigenvalue weighted by atomic mass is 15.2. The molecule has 1 aliphatic heterocycles. The first-order valence-electron chi connectivity index (χ1n) is 7.30. The number of H-pyrrole nitrogens is 1. The topological polar surface area (TPSA) is 54.9 Å². The van der Waals surface area contributed by atoms with Gasteiger partial charge in [-0.2, -0.15) is 5.26 Å². The molecule has 20 heavy (non-hydrogen) atoms. The first kappa shape index (κ1) is 13.2. The van der Waals surface area contributed by atoms with E-state index in [1.54, 1.807) is 0 Å². The highest BCUT2D eigenvalue weighted by Crippen LogP contribution is 2.21. The van der Waals surface area contributed by atoms with Crippen molar-refractivity contribution >= 4 is 10.9 Å². The molecule has 0 bridgehead atoms. The zero-order valence-electron chi connectivity index (χ0n) is 11.7. The summed E-state index contributed by atoms with van der Waals surface area (Å²) in [6.45, 7) is 5.70. The van der Waals surface area contributed by atoms with Crippen LogP contribution in [0.1, 0.15) is 17.5 Å². The Bertz CT molecular complexity index is 617. The summed E-state index contributed by atoms with van der Waals surface area (Å²) in [5.74, 6) is 0. The molecule has 0 spiro atoms. The summed E-state index contributed by atoms with van der Waals surface area (Å²) in [5, 5.41) is 13.6. The highest BCUT2D eigenvalue weighted by molar-refractivity contribution is 5.84. The Morgan fingerprint density at radius 1 is 1.25 bits per heavy atom. The lowest BCUT2D eigenvalue weighted by molar-refractivity contribution is 0.238. The van der Waals surface area contributed by atoms with Crippen molar-refractivity contribution in [1.29, 1.82) is 5.26 Å². The number of nitrogens with zero attached hydrogens (tertiary/aromatic N) is 2. The lowest BCUT2D eigenvalue weighted by Crippen LogP contribution is -2.43. The molecule has 1 saturated heterocycles. The molecule has 0 unspecified atom stereocenters. The van der Waals surface area contributed by atoms with E-state index in [0.717, 1.165) is 50.2 Å². The van der Waals surface area contributed by atoms with Crippen molar-refractivity contribution in [2.75, 3.05) is 32.7 Å². The van der Waals surface area contributed by atoms with Crippen molar-refractivity contribution in [3.05, 3.63) is 35.5 Å². The Morgan fingerprint density at radius 2 is 2.10 bits per heavy atom. The van der Waals surface area contributed by atoms with E-state index in [0.29, 0.717) is 0 Å². The number of hydrogen-bond donors (Lipinski definition) is 2. The average Bonchev–Trinajstić information content (AvgIpc) is 2.91. The first-order valence-corrected chi connectivity index (χ1v) is 7.30. The monoisotopic (exact) mass is 268 g/mol. The van der Waals surface area contributed by atoms with Crippen molar-refractivity contribution in [3.63, 3.8) is 0 Å². The second kappa shape index (κ2) is 6.08. The Balaban J connectivity index is 1.63. The lowest BCUT2D eigenvalue weighted by atomic mass is 10.1. The highest BCUT2D eigenvalue weighted by Gasteiger charge is 2.10. The smallest absolute Gasteiger partial charge is 0.0991 e. The molecule has 0 radical (unpaired) electrons. The van der Waals surface area contributed by atoms with E-state index in [4.69, 9.17) is 5.26 Å². The molecule has 104 valence electrons. The molecule has 1 fully saturated rings. The molecule has 3 rings (SSSR count). The summed E-state index contributed by atoms with van der Waals surface area (Å²) in [6, 6.07) is 8.07. The van der Waals surface area contributed by atoms with E-state index >= 15 is 0 Å². The number of rotatable bonds is 4. The van der Waals surface area contributed by atoms with Gasteiger partial charge in [0.25, 0.3) is 0 Å². The molecular formula is C16H20N4. The summed E-state index contributed by atoms with van der Waals surface area (Å²) in [4.78, 5) is 5.81. The fourth-order valence-corrected chi connectivity index (χ4v) is 2.88. The number of benzene rings is 1. The van der Waals surface area contributed by atoms with E-state index in [1.807, 2.05) is 18.2 Å². The van der Waals surface area contributed by atoms with Gasteiger partial charge in [-0.25, -0.2) is 0 Å². The van der Waals surface area contributed by atoms with Gasteiger partial charge in [-0.1, -0.05) is 0 Å². The largest absolute Gasteiger partial charge is 0.361 e. The lowest BCUT2D eigenvalue weighted by Gasteiger charge is -2.26. The second-order valence-corrected chi connectivity index (χ2v) is 5.38. The Kier molecular flexibility index (Phi) is 4.00. The summed E-state index contributed by atoms with van der Waals surface area (Å²) < 4.78 is 0. The summed E-state index contributed by atoms with van der Waals surface area (Å²) in [5.41, 5.74) is 3.19. The molecule has 4 nitrogen and oxygen atoms in total.